The topological polar surface area (TPSA) is 138 Å². The maximum atomic E-state index is 13.7. The van der Waals surface area contributed by atoms with Crippen molar-refractivity contribution in [2.45, 2.75) is 125 Å². The Balaban J connectivity index is 1.25. The molecule has 1 saturated heterocycles. The van der Waals surface area contributed by atoms with Crippen LogP contribution >= 0.6 is 0 Å². The van der Waals surface area contributed by atoms with Crippen molar-refractivity contribution in [2.75, 3.05) is 19.8 Å². The Morgan fingerprint density at radius 1 is 1.00 bits per heavy atom. The van der Waals surface area contributed by atoms with Gasteiger partial charge < -0.3 is 20.3 Å². The summed E-state index contributed by atoms with van der Waals surface area (Å²) in [6, 6.07) is 7.90. The normalized spacial score (nSPS) is 38.6. The number of carboxylic acid groups (broad SMARTS) is 1. The summed E-state index contributed by atoms with van der Waals surface area (Å²) in [6.45, 7) is 24.3. The van der Waals surface area contributed by atoms with Gasteiger partial charge in [0.25, 0.3) is 0 Å². The smallest absolute Gasteiger partial charge is 0.307 e. The number of allylic oxidation sites excluding steroid dienone is 1. The SMILES string of the molecule is CC(C)[C@@H](C)[C@@]1(C)CC[C@]2(C)[C@H]3CC[C@@H]4[C@@]5(COC[C@]4(C)[C@@H](OC[C@](C)(N)C(C)C)[C@H](n4ncnc4-c4ccnc(-c6ccncc6)c4)C5)C3=CC[C@@]2(C)[C@@H]1C(=O)O. The molecule has 2 bridgehead atoms. The zero-order chi connectivity index (χ0) is 41.6. The summed E-state index contributed by atoms with van der Waals surface area (Å²) in [7, 11) is 0. The molecule has 10 nitrogen and oxygen atoms in total. The summed E-state index contributed by atoms with van der Waals surface area (Å²) >= 11 is 0. The fourth-order valence-corrected chi connectivity index (χ4v) is 13.5. The molecule has 314 valence electrons. The quantitative estimate of drug-likeness (QED) is 0.192. The van der Waals surface area contributed by atoms with Crippen LogP contribution in [-0.2, 0) is 14.3 Å². The predicted octanol–water partition coefficient (Wildman–Crippen LogP) is 9.29. The van der Waals surface area contributed by atoms with Crippen molar-refractivity contribution in [1.82, 2.24) is 24.7 Å². The Morgan fingerprint density at radius 2 is 1.72 bits per heavy atom. The van der Waals surface area contributed by atoms with E-state index in [1.807, 2.05) is 24.4 Å². The lowest BCUT2D eigenvalue weighted by atomic mass is 9.34. The van der Waals surface area contributed by atoms with Crippen LogP contribution in [0.3, 0.4) is 0 Å². The Hall–Kier alpha value is -3.47. The Morgan fingerprint density at radius 3 is 2.41 bits per heavy atom. The zero-order valence-electron chi connectivity index (χ0n) is 36.7. The number of carbonyl (C=O) groups is 1. The van der Waals surface area contributed by atoms with E-state index < -0.39 is 17.4 Å². The van der Waals surface area contributed by atoms with Crippen molar-refractivity contribution in [3.8, 4) is 22.6 Å². The first-order valence-corrected chi connectivity index (χ1v) is 22.0. The third-order valence-corrected chi connectivity index (χ3v) is 17.9. The van der Waals surface area contributed by atoms with Crippen molar-refractivity contribution in [1.29, 1.82) is 0 Å². The third kappa shape index (κ3) is 6.00. The van der Waals surface area contributed by atoms with E-state index in [1.54, 1.807) is 18.7 Å². The summed E-state index contributed by atoms with van der Waals surface area (Å²) < 4.78 is 16.2. The number of rotatable bonds is 10. The molecule has 4 aliphatic carbocycles. The lowest BCUT2D eigenvalue weighted by Crippen LogP contribution is -2.69. The molecule has 3 N–H and O–H groups in total. The fourth-order valence-electron chi connectivity index (χ4n) is 13.5. The van der Waals surface area contributed by atoms with Gasteiger partial charge in [0, 0.05) is 46.1 Å². The minimum Gasteiger partial charge on any atom is -0.481 e. The van der Waals surface area contributed by atoms with E-state index in [0.29, 0.717) is 37.6 Å². The molecule has 3 aromatic heterocycles. The molecule has 5 aliphatic rings. The van der Waals surface area contributed by atoms with E-state index >= 15 is 0 Å². The van der Waals surface area contributed by atoms with Crippen LogP contribution in [0.2, 0.25) is 0 Å². The zero-order valence-corrected chi connectivity index (χ0v) is 36.7. The van der Waals surface area contributed by atoms with Gasteiger partial charge >= 0.3 is 5.97 Å². The van der Waals surface area contributed by atoms with Gasteiger partial charge in [-0.1, -0.05) is 74.0 Å². The van der Waals surface area contributed by atoms with Crippen molar-refractivity contribution in [2.24, 2.45) is 68.3 Å². The summed E-state index contributed by atoms with van der Waals surface area (Å²) in [5.74, 6) is 1.23. The number of carboxylic acids is 1. The van der Waals surface area contributed by atoms with E-state index in [1.165, 1.54) is 5.57 Å². The standard InChI is InChI=1S/C48H68N6O4/c1-29(2)31(5)43(6)18-19-45(8)34-11-12-38-44(7)25-57-27-48(38,35(34)13-17-46(45,9)39(43)42(55)56)24-37(40(44)58-26-47(10,49)30(3)4)54-41(52-28-53-54)33-16-22-51-36(23-33)32-14-20-50-21-15-32/h13-16,20-23,28-31,34,37-40H,11-12,17-19,24-27,49H2,1-10H3,(H,55,56)/t31-,34+,37-,38+,39-,40+,43-,44+,45-,46+,47+,48+/m1/s1. The van der Waals surface area contributed by atoms with Crippen LogP contribution in [0.5, 0.6) is 0 Å². The monoisotopic (exact) mass is 793 g/mol. The molecule has 3 saturated carbocycles. The second-order valence-corrected chi connectivity index (χ2v) is 21.2. The Labute approximate surface area is 346 Å². The minimum atomic E-state index is -0.631. The van der Waals surface area contributed by atoms with Crippen LogP contribution in [0.25, 0.3) is 22.6 Å². The predicted molar refractivity (Wildman–Crippen MR) is 226 cm³/mol. The van der Waals surface area contributed by atoms with Crippen LogP contribution in [-0.4, -0.2) is 67.3 Å². The highest BCUT2D eigenvalue weighted by atomic mass is 16.5. The van der Waals surface area contributed by atoms with Gasteiger partial charge in [0.1, 0.15) is 6.33 Å². The largest absolute Gasteiger partial charge is 0.481 e. The molecule has 8 rings (SSSR count). The summed E-state index contributed by atoms with van der Waals surface area (Å²) in [5, 5.41) is 16.3. The first-order chi connectivity index (χ1) is 27.3. The Bertz CT molecular complexity index is 2050. The molecule has 58 heavy (non-hydrogen) atoms. The number of aromatic nitrogens is 5. The molecule has 1 aliphatic heterocycles. The number of aliphatic carboxylic acids is 1. The lowest BCUT2D eigenvalue weighted by Gasteiger charge is -2.71. The van der Waals surface area contributed by atoms with Gasteiger partial charge in [0.2, 0.25) is 0 Å². The van der Waals surface area contributed by atoms with Gasteiger partial charge in [-0.3, -0.25) is 14.8 Å². The van der Waals surface area contributed by atoms with E-state index in [-0.39, 0.29) is 51.1 Å². The maximum absolute atomic E-state index is 13.7. The highest BCUT2D eigenvalue weighted by molar-refractivity contribution is 5.73. The van der Waals surface area contributed by atoms with Crippen LogP contribution in [0.15, 0.2) is 60.8 Å². The molecule has 10 heteroatoms. The molecule has 0 amide bonds. The van der Waals surface area contributed by atoms with Gasteiger partial charge in [-0.05, 0) is 116 Å². The van der Waals surface area contributed by atoms with Gasteiger partial charge in [-0.15, -0.1) is 0 Å². The number of fused-ring (bicyclic) bond motifs is 3. The number of hydrogen-bond donors (Lipinski definition) is 2. The van der Waals surface area contributed by atoms with Gasteiger partial charge in [0.15, 0.2) is 5.82 Å². The number of nitrogens with two attached hydrogens (primary N) is 1. The van der Waals surface area contributed by atoms with Gasteiger partial charge in [-0.2, -0.15) is 5.10 Å². The summed E-state index contributed by atoms with van der Waals surface area (Å²) in [4.78, 5) is 27.5. The molecule has 0 aromatic carbocycles. The Kier molecular flexibility index (Phi) is 10.2. The van der Waals surface area contributed by atoms with Crippen LogP contribution < -0.4 is 5.73 Å². The minimum absolute atomic E-state index is 0.155. The second kappa shape index (κ2) is 14.3. The summed E-state index contributed by atoms with van der Waals surface area (Å²) in [5.41, 5.74) is 9.25. The van der Waals surface area contributed by atoms with Crippen molar-refractivity contribution >= 4 is 5.97 Å². The van der Waals surface area contributed by atoms with Crippen molar-refractivity contribution < 1.29 is 19.4 Å². The average Bonchev–Trinajstić information content (AvgIpc) is 3.68. The van der Waals surface area contributed by atoms with Crippen LogP contribution in [0, 0.1) is 62.6 Å². The van der Waals surface area contributed by atoms with E-state index in [4.69, 9.17) is 30.3 Å². The highest BCUT2D eigenvalue weighted by Gasteiger charge is 2.72. The molecule has 12 atom stereocenters. The highest BCUT2D eigenvalue weighted by Crippen LogP contribution is 2.75. The first-order valence-electron chi connectivity index (χ1n) is 22.0. The first kappa shape index (κ1) is 41.3. The van der Waals surface area contributed by atoms with Gasteiger partial charge in [0.05, 0.1) is 43.6 Å². The average molecular weight is 793 g/mol. The van der Waals surface area contributed by atoms with Crippen molar-refractivity contribution in [3.63, 3.8) is 0 Å². The third-order valence-electron chi connectivity index (χ3n) is 17.9. The molecular formula is C48H68N6O4. The number of hydrogen-bond acceptors (Lipinski definition) is 8. The molecular weight excluding hydrogens is 725 g/mol. The number of nitrogens with zero attached hydrogens (tertiary/aromatic N) is 5. The molecule has 4 heterocycles. The number of ether oxygens (including phenoxy) is 2. The number of pyridine rings is 2. The van der Waals surface area contributed by atoms with Crippen LogP contribution in [0.4, 0.5) is 0 Å². The van der Waals surface area contributed by atoms with Gasteiger partial charge in [-0.25, -0.2) is 9.67 Å². The fraction of sp³-hybridized carbons (Fsp3) is 0.688. The van der Waals surface area contributed by atoms with Crippen LogP contribution in [0.1, 0.15) is 114 Å². The molecule has 0 unspecified atom stereocenters. The molecule has 0 spiro atoms. The molecule has 0 radical (unpaired) electrons. The van der Waals surface area contributed by atoms with E-state index in [0.717, 1.165) is 61.2 Å². The molecule has 3 aromatic rings. The lowest BCUT2D eigenvalue weighted by molar-refractivity contribution is -0.252. The van der Waals surface area contributed by atoms with E-state index in [2.05, 4.69) is 91.0 Å². The molecule has 4 fully saturated rings. The van der Waals surface area contributed by atoms with Crippen molar-refractivity contribution in [3.05, 3.63) is 60.8 Å². The maximum Gasteiger partial charge on any atom is 0.307 e. The summed E-state index contributed by atoms with van der Waals surface area (Å²) in [6.07, 6.45) is 15.0. The van der Waals surface area contributed by atoms with E-state index in [9.17, 15) is 9.90 Å². The second-order valence-electron chi connectivity index (χ2n) is 21.2.